The molecule has 110 valence electrons. The summed E-state index contributed by atoms with van der Waals surface area (Å²) < 4.78 is 13.8. The predicted octanol–water partition coefficient (Wildman–Crippen LogP) is 4.69. The lowest BCUT2D eigenvalue weighted by Gasteiger charge is -2.12. The molecular formula is C14H13BrClFN4. The first kappa shape index (κ1) is 14.5. The second-order valence-electron chi connectivity index (χ2n) is 4.89. The Morgan fingerprint density at radius 2 is 1.95 bits per heavy atom. The summed E-state index contributed by atoms with van der Waals surface area (Å²) >= 11 is 9.39. The molecule has 0 aliphatic heterocycles. The first-order valence-corrected chi connectivity index (χ1v) is 7.72. The average molecular weight is 372 g/mol. The number of hydrogen-bond acceptors (Lipinski definition) is 4. The summed E-state index contributed by atoms with van der Waals surface area (Å²) in [5.41, 5.74) is 0.584. The van der Waals surface area contributed by atoms with E-state index >= 15 is 0 Å². The first-order valence-electron chi connectivity index (χ1n) is 6.55. The van der Waals surface area contributed by atoms with Crippen molar-refractivity contribution in [1.29, 1.82) is 0 Å². The van der Waals surface area contributed by atoms with Gasteiger partial charge in [0.1, 0.15) is 23.3 Å². The lowest BCUT2D eigenvalue weighted by Crippen LogP contribution is -2.03. The van der Waals surface area contributed by atoms with E-state index in [1.807, 2.05) is 7.05 Å². The van der Waals surface area contributed by atoms with Crippen LogP contribution in [-0.4, -0.2) is 17.0 Å². The lowest BCUT2D eigenvalue weighted by molar-refractivity contribution is 0.627. The highest BCUT2D eigenvalue weighted by Crippen LogP contribution is 2.39. The third-order valence-electron chi connectivity index (χ3n) is 3.20. The number of rotatable bonds is 4. The quantitative estimate of drug-likeness (QED) is 0.818. The zero-order chi connectivity index (χ0) is 15.0. The normalized spacial score (nSPS) is 14.1. The van der Waals surface area contributed by atoms with Crippen molar-refractivity contribution in [3.05, 3.63) is 39.3 Å². The number of nitrogens with zero attached hydrogens (tertiary/aromatic N) is 2. The standard InChI is InChI=1S/C14H13BrClFN4/c1-18-11-6-12(21-14(20-11)7-2-3-7)19-13-9(15)4-8(17)5-10(13)16/h4-7H,2-3H2,1H3,(H2,18,19,20,21). The maximum atomic E-state index is 13.3. The third kappa shape index (κ3) is 3.27. The van der Waals surface area contributed by atoms with Crippen LogP contribution in [0.2, 0.25) is 5.02 Å². The van der Waals surface area contributed by atoms with Gasteiger partial charge in [-0.15, -0.1) is 0 Å². The summed E-state index contributed by atoms with van der Waals surface area (Å²) in [4.78, 5) is 8.96. The van der Waals surface area contributed by atoms with Gasteiger partial charge in [0, 0.05) is 23.5 Å². The average Bonchev–Trinajstić information content (AvgIpc) is 3.27. The number of halogens is 3. The predicted molar refractivity (Wildman–Crippen MR) is 85.9 cm³/mol. The summed E-state index contributed by atoms with van der Waals surface area (Å²) in [5.74, 6) is 2.23. The fourth-order valence-corrected chi connectivity index (χ4v) is 2.87. The van der Waals surface area contributed by atoms with E-state index in [4.69, 9.17) is 11.6 Å². The molecule has 3 rings (SSSR count). The van der Waals surface area contributed by atoms with Gasteiger partial charge in [0.15, 0.2) is 0 Å². The molecule has 0 saturated heterocycles. The highest BCUT2D eigenvalue weighted by Gasteiger charge is 2.27. The molecule has 1 aromatic heterocycles. The molecule has 1 heterocycles. The SMILES string of the molecule is CNc1cc(Nc2c(Cl)cc(F)cc2Br)nc(C2CC2)n1. The van der Waals surface area contributed by atoms with Gasteiger partial charge in [-0.1, -0.05) is 11.6 Å². The van der Waals surface area contributed by atoms with Gasteiger partial charge in [-0.25, -0.2) is 14.4 Å². The van der Waals surface area contributed by atoms with Crippen molar-refractivity contribution in [2.75, 3.05) is 17.7 Å². The minimum atomic E-state index is -0.394. The molecule has 2 N–H and O–H groups in total. The van der Waals surface area contributed by atoms with E-state index in [-0.39, 0.29) is 0 Å². The van der Waals surface area contributed by atoms with Crippen molar-refractivity contribution in [1.82, 2.24) is 9.97 Å². The van der Waals surface area contributed by atoms with E-state index in [1.54, 1.807) is 6.07 Å². The molecule has 1 aliphatic carbocycles. The highest BCUT2D eigenvalue weighted by molar-refractivity contribution is 9.10. The number of anilines is 3. The summed E-state index contributed by atoms with van der Waals surface area (Å²) in [5, 5.41) is 6.44. The van der Waals surface area contributed by atoms with Gasteiger partial charge in [-0.2, -0.15) is 0 Å². The number of aromatic nitrogens is 2. The number of nitrogens with one attached hydrogen (secondary N) is 2. The molecule has 0 unspecified atom stereocenters. The van der Waals surface area contributed by atoms with Crippen LogP contribution in [0.25, 0.3) is 0 Å². The monoisotopic (exact) mass is 370 g/mol. The molecule has 0 spiro atoms. The van der Waals surface area contributed by atoms with Gasteiger partial charge in [0.25, 0.3) is 0 Å². The minimum absolute atomic E-state index is 0.291. The zero-order valence-electron chi connectivity index (χ0n) is 11.3. The van der Waals surface area contributed by atoms with Gasteiger partial charge in [0.2, 0.25) is 0 Å². The maximum absolute atomic E-state index is 13.3. The molecule has 21 heavy (non-hydrogen) atoms. The maximum Gasteiger partial charge on any atom is 0.136 e. The van der Waals surface area contributed by atoms with E-state index in [1.165, 1.54) is 12.1 Å². The number of benzene rings is 1. The van der Waals surface area contributed by atoms with Gasteiger partial charge < -0.3 is 10.6 Å². The van der Waals surface area contributed by atoms with Crippen molar-refractivity contribution in [3.8, 4) is 0 Å². The van der Waals surface area contributed by atoms with Crippen LogP contribution in [0.1, 0.15) is 24.6 Å². The number of hydrogen-bond donors (Lipinski definition) is 2. The van der Waals surface area contributed by atoms with Crippen LogP contribution in [0.5, 0.6) is 0 Å². The molecule has 4 nitrogen and oxygen atoms in total. The third-order valence-corrected chi connectivity index (χ3v) is 4.13. The summed E-state index contributed by atoms with van der Waals surface area (Å²) in [6.07, 6.45) is 2.24. The zero-order valence-corrected chi connectivity index (χ0v) is 13.6. The molecule has 1 saturated carbocycles. The molecular weight excluding hydrogens is 359 g/mol. The second kappa shape index (κ2) is 5.77. The van der Waals surface area contributed by atoms with Crippen LogP contribution in [0.15, 0.2) is 22.7 Å². The first-order chi connectivity index (χ1) is 10.1. The molecule has 2 aromatic rings. The van der Waals surface area contributed by atoms with Crippen molar-refractivity contribution in [2.45, 2.75) is 18.8 Å². The van der Waals surface area contributed by atoms with E-state index in [0.717, 1.165) is 24.5 Å². The lowest BCUT2D eigenvalue weighted by atomic mass is 10.3. The summed E-state index contributed by atoms with van der Waals surface area (Å²) in [7, 11) is 1.81. The molecule has 1 aliphatic rings. The molecule has 7 heteroatoms. The van der Waals surface area contributed by atoms with Crippen LogP contribution in [-0.2, 0) is 0 Å². The Balaban J connectivity index is 1.96. The van der Waals surface area contributed by atoms with Crippen LogP contribution in [0.3, 0.4) is 0 Å². The Kier molecular flexibility index (Phi) is 3.99. The van der Waals surface area contributed by atoms with Gasteiger partial charge in [-0.05, 0) is 40.9 Å². The van der Waals surface area contributed by atoms with E-state index in [9.17, 15) is 4.39 Å². The Morgan fingerprint density at radius 3 is 2.57 bits per heavy atom. The summed E-state index contributed by atoms with van der Waals surface area (Å²) in [6, 6.07) is 4.41. The molecule has 0 radical (unpaired) electrons. The van der Waals surface area contributed by atoms with Gasteiger partial charge in [0.05, 0.1) is 10.7 Å². The molecule has 0 bridgehead atoms. The van der Waals surface area contributed by atoms with Crippen molar-refractivity contribution in [3.63, 3.8) is 0 Å². The molecule has 1 fully saturated rings. The molecule has 0 atom stereocenters. The summed E-state index contributed by atoms with van der Waals surface area (Å²) in [6.45, 7) is 0. The topological polar surface area (TPSA) is 49.8 Å². The molecule has 1 aromatic carbocycles. The fourth-order valence-electron chi connectivity index (χ4n) is 1.97. The van der Waals surface area contributed by atoms with E-state index in [0.29, 0.717) is 26.9 Å². The smallest absolute Gasteiger partial charge is 0.136 e. The largest absolute Gasteiger partial charge is 0.373 e. The highest BCUT2D eigenvalue weighted by atomic mass is 79.9. The Hall–Kier alpha value is -1.40. The Bertz CT molecular complexity index is 668. The van der Waals surface area contributed by atoms with Crippen LogP contribution in [0, 0.1) is 5.82 Å². The van der Waals surface area contributed by atoms with Crippen molar-refractivity contribution < 1.29 is 4.39 Å². The van der Waals surface area contributed by atoms with Gasteiger partial charge >= 0.3 is 0 Å². The van der Waals surface area contributed by atoms with Crippen LogP contribution >= 0.6 is 27.5 Å². The van der Waals surface area contributed by atoms with E-state index in [2.05, 4.69) is 36.5 Å². The Morgan fingerprint density at radius 1 is 1.24 bits per heavy atom. The van der Waals surface area contributed by atoms with Gasteiger partial charge in [-0.3, -0.25) is 0 Å². The second-order valence-corrected chi connectivity index (χ2v) is 6.15. The van der Waals surface area contributed by atoms with E-state index < -0.39 is 5.82 Å². The minimum Gasteiger partial charge on any atom is -0.373 e. The molecule has 0 amide bonds. The van der Waals surface area contributed by atoms with Crippen LogP contribution in [0.4, 0.5) is 21.7 Å². The Labute approximate surface area is 135 Å². The van der Waals surface area contributed by atoms with Crippen molar-refractivity contribution in [2.24, 2.45) is 0 Å². The van der Waals surface area contributed by atoms with Crippen molar-refractivity contribution >= 4 is 44.9 Å². The van der Waals surface area contributed by atoms with Crippen LogP contribution < -0.4 is 10.6 Å². The fraction of sp³-hybridized carbons (Fsp3) is 0.286.